The van der Waals surface area contributed by atoms with Crippen molar-refractivity contribution in [3.8, 4) is 0 Å². The number of unbranched alkanes of at least 4 members (excludes halogenated alkanes) is 2. The summed E-state index contributed by atoms with van der Waals surface area (Å²) >= 11 is 5.48. The van der Waals surface area contributed by atoms with Gasteiger partial charge in [0, 0.05) is 43.0 Å². The third-order valence-corrected chi connectivity index (χ3v) is 8.55. The van der Waals surface area contributed by atoms with Crippen LogP contribution < -0.4 is 0 Å². The van der Waals surface area contributed by atoms with E-state index in [2.05, 4.69) is 59.5 Å². The highest BCUT2D eigenvalue weighted by molar-refractivity contribution is 6.30. The van der Waals surface area contributed by atoms with Gasteiger partial charge >= 0.3 is 0 Å². The van der Waals surface area contributed by atoms with Crippen LogP contribution in [0, 0.1) is 29.0 Å². The van der Waals surface area contributed by atoms with E-state index in [0.29, 0.717) is 24.0 Å². The molecular weight excluding hydrogens is 609 g/mol. The number of likely N-dealkylation sites (tertiary alicyclic amines) is 1. The number of allylic oxidation sites excluding steroid dienone is 4. The summed E-state index contributed by atoms with van der Waals surface area (Å²) in [7, 11) is 0. The average molecular weight is 672 g/mol. The molecule has 5 atom stereocenters. The van der Waals surface area contributed by atoms with Gasteiger partial charge in [0.15, 0.2) is 0 Å². The summed E-state index contributed by atoms with van der Waals surface area (Å²) in [5.74, 6) is 0.452. The number of nitrogens with one attached hydrogen (secondary N) is 1. The second-order valence-corrected chi connectivity index (χ2v) is 12.5. The standard InChI is InChI=1S/C21H32FNO2.C12H21N.C5H4ClN.C2H6/c1-4-6-7-8-16(5-2)21(25)23-13-15(3)20(19(24)14-23)17-9-11-18(22)12-10-17;1-5-7-10(3)8-9-12(13)11(4)6-2;6-5-2-1-3-7-4-5;1-2/h9-12,15-16,19-20,24H,4-8,13-14H2,1-3H3;7-9,11,13H,5-6H2,1-4H3;1-4H;1-2H3/b;9-8-,10-7+,13-12?;;. The van der Waals surface area contributed by atoms with Crippen molar-refractivity contribution in [1.82, 2.24) is 9.88 Å². The van der Waals surface area contributed by atoms with E-state index in [0.717, 1.165) is 56.2 Å². The number of nitrogens with zero attached hydrogens (tertiary/aromatic N) is 2. The summed E-state index contributed by atoms with van der Waals surface area (Å²) in [4.78, 5) is 18.5. The lowest BCUT2D eigenvalue weighted by Crippen LogP contribution is -2.51. The van der Waals surface area contributed by atoms with Gasteiger partial charge in [-0.25, -0.2) is 4.39 Å². The number of β-amino-alcohol motifs (C(OH)–C–C–N with tert-alkyl or cyclic N) is 1. The molecule has 1 aliphatic heterocycles. The van der Waals surface area contributed by atoms with E-state index in [1.54, 1.807) is 36.7 Å². The Balaban J connectivity index is 0.000000797. The van der Waals surface area contributed by atoms with E-state index >= 15 is 0 Å². The molecule has 2 heterocycles. The van der Waals surface area contributed by atoms with Crippen LogP contribution in [-0.4, -0.2) is 45.8 Å². The summed E-state index contributed by atoms with van der Waals surface area (Å²) in [5.41, 5.74) is 2.92. The van der Waals surface area contributed by atoms with E-state index in [9.17, 15) is 14.3 Å². The second-order valence-electron chi connectivity index (χ2n) is 12.1. The van der Waals surface area contributed by atoms with Gasteiger partial charge in [-0.05, 0) is 80.3 Å². The van der Waals surface area contributed by atoms with Gasteiger partial charge in [-0.15, -0.1) is 0 Å². The van der Waals surface area contributed by atoms with Crippen LogP contribution in [0.5, 0.6) is 0 Å². The molecule has 7 heteroatoms. The zero-order valence-electron chi connectivity index (χ0n) is 30.6. The first-order chi connectivity index (χ1) is 22.5. The van der Waals surface area contributed by atoms with Crippen LogP contribution in [0.25, 0.3) is 0 Å². The van der Waals surface area contributed by atoms with Crippen molar-refractivity contribution in [2.45, 2.75) is 119 Å². The molecule has 1 aromatic carbocycles. The molecule has 47 heavy (non-hydrogen) atoms. The minimum Gasteiger partial charge on any atom is -0.391 e. The average Bonchev–Trinajstić information content (AvgIpc) is 3.07. The van der Waals surface area contributed by atoms with E-state index < -0.39 is 6.10 Å². The van der Waals surface area contributed by atoms with Crippen LogP contribution in [-0.2, 0) is 4.79 Å². The molecule has 1 fully saturated rings. The molecule has 2 N–H and O–H groups in total. The number of rotatable bonds is 12. The largest absolute Gasteiger partial charge is 0.391 e. The summed E-state index contributed by atoms with van der Waals surface area (Å²) in [5, 5.41) is 19.1. The minimum atomic E-state index is -0.605. The Bertz CT molecular complexity index is 1160. The van der Waals surface area contributed by atoms with Crippen LogP contribution in [0.1, 0.15) is 119 Å². The molecule has 0 spiro atoms. The molecular formula is C40H63ClFN3O2. The van der Waals surface area contributed by atoms with Crippen molar-refractivity contribution in [2.24, 2.45) is 17.8 Å². The molecule has 0 radical (unpaired) electrons. The fraction of sp³-hybridized carbons (Fsp3) is 0.575. The first kappa shape index (κ1) is 44.2. The third-order valence-electron chi connectivity index (χ3n) is 8.33. The smallest absolute Gasteiger partial charge is 0.225 e. The first-order valence-corrected chi connectivity index (χ1v) is 18.1. The van der Waals surface area contributed by atoms with Crippen molar-refractivity contribution in [3.63, 3.8) is 0 Å². The number of hydrogen-bond donors (Lipinski definition) is 2. The lowest BCUT2D eigenvalue weighted by molar-refractivity contribution is -0.141. The fourth-order valence-electron chi connectivity index (χ4n) is 5.41. The number of aliphatic hydroxyl groups is 1. The van der Waals surface area contributed by atoms with Gasteiger partial charge < -0.3 is 15.4 Å². The number of amides is 1. The van der Waals surface area contributed by atoms with Gasteiger partial charge in [0.05, 0.1) is 11.1 Å². The molecule has 2 aromatic rings. The monoisotopic (exact) mass is 671 g/mol. The van der Waals surface area contributed by atoms with E-state index in [1.807, 2.05) is 30.9 Å². The third kappa shape index (κ3) is 17.8. The number of carbonyl (C=O) groups excluding carboxylic acids is 1. The Hall–Kier alpha value is -2.83. The molecule has 0 aliphatic carbocycles. The van der Waals surface area contributed by atoms with Crippen LogP contribution >= 0.6 is 11.6 Å². The number of benzene rings is 1. The molecule has 1 saturated heterocycles. The lowest BCUT2D eigenvalue weighted by atomic mass is 9.79. The van der Waals surface area contributed by atoms with Crippen molar-refractivity contribution in [2.75, 3.05) is 13.1 Å². The maximum Gasteiger partial charge on any atom is 0.225 e. The molecule has 1 aromatic heterocycles. The zero-order chi connectivity index (χ0) is 35.8. The van der Waals surface area contributed by atoms with Gasteiger partial charge in [0.25, 0.3) is 0 Å². The number of piperidine rings is 1. The summed E-state index contributed by atoms with van der Waals surface area (Å²) in [6, 6.07) is 9.95. The molecule has 5 nitrogen and oxygen atoms in total. The van der Waals surface area contributed by atoms with Crippen LogP contribution in [0.4, 0.5) is 4.39 Å². The van der Waals surface area contributed by atoms with E-state index in [1.165, 1.54) is 17.7 Å². The van der Waals surface area contributed by atoms with Crippen LogP contribution in [0.3, 0.4) is 0 Å². The number of hydrogen-bond acceptors (Lipinski definition) is 4. The van der Waals surface area contributed by atoms with Crippen molar-refractivity contribution >= 4 is 23.2 Å². The van der Waals surface area contributed by atoms with Crippen LogP contribution in [0.15, 0.2) is 72.6 Å². The summed E-state index contributed by atoms with van der Waals surface area (Å²) in [6.07, 6.45) is 16.1. The number of aromatic nitrogens is 1. The highest BCUT2D eigenvalue weighted by atomic mass is 35.5. The molecule has 264 valence electrons. The molecule has 0 bridgehead atoms. The Morgan fingerprint density at radius 3 is 2.21 bits per heavy atom. The van der Waals surface area contributed by atoms with Crippen molar-refractivity contribution in [1.29, 1.82) is 5.41 Å². The maximum atomic E-state index is 13.2. The zero-order valence-corrected chi connectivity index (χ0v) is 31.4. The van der Waals surface area contributed by atoms with Crippen molar-refractivity contribution in [3.05, 3.63) is 89.0 Å². The Morgan fingerprint density at radius 1 is 1.09 bits per heavy atom. The first-order valence-electron chi connectivity index (χ1n) is 17.7. The van der Waals surface area contributed by atoms with Crippen molar-refractivity contribution < 1.29 is 14.3 Å². The van der Waals surface area contributed by atoms with E-state index in [-0.39, 0.29) is 29.5 Å². The topological polar surface area (TPSA) is 77.3 Å². The Morgan fingerprint density at radius 2 is 1.74 bits per heavy atom. The second kappa shape index (κ2) is 26.2. The van der Waals surface area contributed by atoms with Gasteiger partial charge in [0.1, 0.15) is 5.82 Å². The molecule has 3 rings (SSSR count). The van der Waals surface area contributed by atoms with E-state index in [4.69, 9.17) is 17.0 Å². The SMILES string of the molecule is CC.CC/C=C(C)/C=C\C(=N)C(C)CC.CCCCCC(CC)C(=O)N1CC(C)C(c2ccc(F)cc2)C(O)C1.Clc1cccnc1. The Kier molecular flexibility index (Phi) is 24.6. The molecule has 0 saturated carbocycles. The minimum absolute atomic E-state index is 0.0511. The number of halogens is 2. The summed E-state index contributed by atoms with van der Waals surface area (Å²) in [6.45, 7) is 19.7. The van der Waals surface area contributed by atoms with Crippen LogP contribution in [0.2, 0.25) is 5.02 Å². The van der Waals surface area contributed by atoms with Gasteiger partial charge in [0.2, 0.25) is 5.91 Å². The van der Waals surface area contributed by atoms with Gasteiger partial charge in [-0.2, -0.15) is 0 Å². The summed E-state index contributed by atoms with van der Waals surface area (Å²) < 4.78 is 13.2. The molecule has 1 aliphatic rings. The predicted molar refractivity (Wildman–Crippen MR) is 200 cm³/mol. The number of carbonyl (C=O) groups is 1. The fourth-order valence-corrected chi connectivity index (χ4v) is 5.54. The Labute approximate surface area is 291 Å². The molecule has 5 unspecified atom stereocenters. The highest BCUT2D eigenvalue weighted by Crippen LogP contribution is 2.34. The van der Waals surface area contributed by atoms with Gasteiger partial charge in [-0.1, -0.05) is 116 Å². The lowest BCUT2D eigenvalue weighted by Gasteiger charge is -2.42. The predicted octanol–water partition coefficient (Wildman–Crippen LogP) is 11.1. The number of pyridine rings is 1. The maximum absolute atomic E-state index is 13.2. The normalized spacial score (nSPS) is 18.9. The highest BCUT2D eigenvalue weighted by Gasteiger charge is 2.37. The van der Waals surface area contributed by atoms with Gasteiger partial charge in [-0.3, -0.25) is 9.78 Å². The molecule has 1 amide bonds. The number of aliphatic hydroxyl groups excluding tert-OH is 1. The quantitative estimate of drug-likeness (QED) is 0.134.